The zero-order valence-corrected chi connectivity index (χ0v) is 8.71. The molecule has 0 spiro atoms. The van der Waals surface area contributed by atoms with Gasteiger partial charge in [-0.2, -0.15) is 0 Å². The number of nitrogens with one attached hydrogen (secondary N) is 1. The largest absolute Gasteiger partial charge is 0.356 e. The van der Waals surface area contributed by atoms with E-state index < -0.39 is 0 Å². The smallest absolute Gasteiger partial charge is 0.219 e. The molecule has 0 atom stereocenters. The molecule has 1 N–H and O–H groups in total. The molecule has 1 aromatic rings. The van der Waals surface area contributed by atoms with E-state index in [0.29, 0.717) is 13.0 Å². The monoisotopic (exact) mass is 192 g/mol. The lowest BCUT2D eigenvalue weighted by atomic mass is 10.1. The van der Waals surface area contributed by atoms with Crippen molar-refractivity contribution in [1.82, 2.24) is 10.3 Å². The second-order valence-electron chi connectivity index (χ2n) is 3.22. The van der Waals surface area contributed by atoms with E-state index in [1.807, 2.05) is 26.0 Å². The first kappa shape index (κ1) is 10.7. The van der Waals surface area contributed by atoms with Crippen LogP contribution < -0.4 is 5.32 Å². The molecule has 1 aromatic heterocycles. The molecule has 14 heavy (non-hydrogen) atoms. The van der Waals surface area contributed by atoms with Crippen LogP contribution in [0.15, 0.2) is 18.3 Å². The van der Waals surface area contributed by atoms with Crippen molar-refractivity contribution in [3.05, 3.63) is 29.6 Å². The molecule has 1 rings (SSSR count). The number of hydrogen-bond acceptors (Lipinski definition) is 2. The summed E-state index contributed by atoms with van der Waals surface area (Å²) < 4.78 is 0. The first-order chi connectivity index (χ1) is 6.74. The van der Waals surface area contributed by atoms with Gasteiger partial charge in [-0.05, 0) is 18.6 Å². The summed E-state index contributed by atoms with van der Waals surface area (Å²) in [5.41, 5.74) is 2.24. The minimum absolute atomic E-state index is 0.0959. The number of aromatic nitrogens is 1. The number of rotatable bonds is 4. The molecule has 0 aliphatic rings. The molecule has 0 saturated heterocycles. The van der Waals surface area contributed by atoms with Crippen molar-refractivity contribution >= 4 is 5.91 Å². The first-order valence-corrected chi connectivity index (χ1v) is 4.91. The number of hydrogen-bond donors (Lipinski definition) is 1. The molecular formula is C11H16N2O. The van der Waals surface area contributed by atoms with Gasteiger partial charge in [-0.1, -0.05) is 13.0 Å². The summed E-state index contributed by atoms with van der Waals surface area (Å²) in [7, 11) is 0. The van der Waals surface area contributed by atoms with Crippen molar-refractivity contribution in [1.29, 1.82) is 0 Å². The minimum atomic E-state index is 0.0959. The maximum atomic E-state index is 11.0. The van der Waals surface area contributed by atoms with Crippen LogP contribution in [0.1, 0.15) is 24.6 Å². The molecule has 0 aliphatic heterocycles. The van der Waals surface area contributed by atoms with Crippen LogP contribution in [-0.2, 0) is 11.2 Å². The molecule has 0 saturated carbocycles. The zero-order valence-electron chi connectivity index (χ0n) is 8.71. The van der Waals surface area contributed by atoms with Gasteiger partial charge < -0.3 is 5.32 Å². The van der Waals surface area contributed by atoms with Gasteiger partial charge in [0.15, 0.2) is 0 Å². The number of aryl methyl sites for hydroxylation is 1. The average Bonchev–Trinajstić information content (AvgIpc) is 2.20. The predicted molar refractivity (Wildman–Crippen MR) is 56.0 cm³/mol. The van der Waals surface area contributed by atoms with Crippen LogP contribution in [0.3, 0.4) is 0 Å². The number of amides is 1. The fourth-order valence-electron chi connectivity index (χ4n) is 1.23. The van der Waals surface area contributed by atoms with Crippen LogP contribution >= 0.6 is 0 Å². The molecule has 0 bridgehead atoms. The molecular weight excluding hydrogens is 176 g/mol. The second-order valence-corrected chi connectivity index (χ2v) is 3.22. The van der Waals surface area contributed by atoms with E-state index in [1.54, 1.807) is 6.20 Å². The van der Waals surface area contributed by atoms with Gasteiger partial charge in [-0.25, -0.2) is 0 Å². The fraction of sp³-hybridized carbons (Fsp3) is 0.455. The topological polar surface area (TPSA) is 42.0 Å². The van der Waals surface area contributed by atoms with Gasteiger partial charge in [0.05, 0.1) is 0 Å². The highest BCUT2D eigenvalue weighted by molar-refractivity contribution is 5.75. The summed E-state index contributed by atoms with van der Waals surface area (Å²) in [6, 6.07) is 3.95. The SMILES string of the molecule is CCC(=O)NCCc1ncccc1C. The lowest BCUT2D eigenvalue weighted by Gasteiger charge is -2.05. The molecule has 0 unspecified atom stereocenters. The minimum Gasteiger partial charge on any atom is -0.356 e. The van der Waals surface area contributed by atoms with Gasteiger partial charge >= 0.3 is 0 Å². The van der Waals surface area contributed by atoms with Crippen molar-refractivity contribution in [2.75, 3.05) is 6.54 Å². The van der Waals surface area contributed by atoms with E-state index in [1.165, 1.54) is 5.56 Å². The summed E-state index contributed by atoms with van der Waals surface area (Å²) in [6.45, 7) is 4.55. The highest BCUT2D eigenvalue weighted by Gasteiger charge is 1.99. The molecule has 3 nitrogen and oxygen atoms in total. The molecule has 0 fully saturated rings. The molecule has 0 radical (unpaired) electrons. The Balaban J connectivity index is 2.39. The number of carbonyl (C=O) groups is 1. The summed E-state index contributed by atoms with van der Waals surface area (Å²) in [5.74, 6) is 0.0959. The Labute approximate surface area is 84.6 Å². The van der Waals surface area contributed by atoms with Gasteiger partial charge in [-0.3, -0.25) is 9.78 Å². The van der Waals surface area contributed by atoms with E-state index in [4.69, 9.17) is 0 Å². The number of carbonyl (C=O) groups excluding carboxylic acids is 1. The van der Waals surface area contributed by atoms with Crippen LogP contribution in [0.5, 0.6) is 0 Å². The maximum Gasteiger partial charge on any atom is 0.219 e. The predicted octanol–water partition coefficient (Wildman–Crippen LogP) is 1.46. The standard InChI is InChI=1S/C11H16N2O/c1-3-11(14)13-8-6-10-9(2)5-4-7-12-10/h4-5,7H,3,6,8H2,1-2H3,(H,13,14). The van der Waals surface area contributed by atoms with Gasteiger partial charge in [0.2, 0.25) is 5.91 Å². The van der Waals surface area contributed by atoms with E-state index in [2.05, 4.69) is 10.3 Å². The van der Waals surface area contributed by atoms with Crippen LogP contribution in [0.2, 0.25) is 0 Å². The summed E-state index contributed by atoms with van der Waals surface area (Å²) in [5, 5.41) is 2.83. The highest BCUT2D eigenvalue weighted by atomic mass is 16.1. The van der Waals surface area contributed by atoms with Crippen LogP contribution in [-0.4, -0.2) is 17.4 Å². The summed E-state index contributed by atoms with van der Waals surface area (Å²) in [4.78, 5) is 15.2. The Kier molecular flexibility index (Phi) is 4.11. The quantitative estimate of drug-likeness (QED) is 0.784. The third-order valence-corrected chi connectivity index (χ3v) is 2.12. The Morgan fingerprint density at radius 3 is 3.00 bits per heavy atom. The number of nitrogens with zero attached hydrogens (tertiary/aromatic N) is 1. The van der Waals surface area contributed by atoms with E-state index >= 15 is 0 Å². The third kappa shape index (κ3) is 3.17. The molecule has 1 amide bonds. The van der Waals surface area contributed by atoms with Crippen molar-refractivity contribution in [3.8, 4) is 0 Å². The average molecular weight is 192 g/mol. The molecule has 1 heterocycles. The van der Waals surface area contributed by atoms with Crippen molar-refractivity contribution < 1.29 is 4.79 Å². The van der Waals surface area contributed by atoms with E-state index in [-0.39, 0.29) is 5.91 Å². The van der Waals surface area contributed by atoms with E-state index in [0.717, 1.165) is 12.1 Å². The molecule has 0 aliphatic carbocycles. The Morgan fingerprint density at radius 1 is 1.57 bits per heavy atom. The second kappa shape index (κ2) is 5.37. The van der Waals surface area contributed by atoms with Gasteiger partial charge in [0.25, 0.3) is 0 Å². The maximum absolute atomic E-state index is 11.0. The van der Waals surface area contributed by atoms with Gasteiger partial charge in [0.1, 0.15) is 0 Å². The Morgan fingerprint density at radius 2 is 2.36 bits per heavy atom. The lowest BCUT2D eigenvalue weighted by Crippen LogP contribution is -2.24. The molecule has 76 valence electrons. The summed E-state index contributed by atoms with van der Waals surface area (Å²) in [6.07, 6.45) is 3.13. The van der Waals surface area contributed by atoms with E-state index in [9.17, 15) is 4.79 Å². The fourth-order valence-corrected chi connectivity index (χ4v) is 1.23. The first-order valence-electron chi connectivity index (χ1n) is 4.91. The van der Waals surface area contributed by atoms with Crippen molar-refractivity contribution in [3.63, 3.8) is 0 Å². The van der Waals surface area contributed by atoms with Crippen LogP contribution in [0.25, 0.3) is 0 Å². The highest BCUT2D eigenvalue weighted by Crippen LogP contribution is 2.02. The Hall–Kier alpha value is -1.38. The van der Waals surface area contributed by atoms with Crippen molar-refractivity contribution in [2.24, 2.45) is 0 Å². The zero-order chi connectivity index (χ0) is 10.4. The third-order valence-electron chi connectivity index (χ3n) is 2.12. The Bertz CT molecular complexity index is 310. The summed E-state index contributed by atoms with van der Waals surface area (Å²) >= 11 is 0. The van der Waals surface area contributed by atoms with Crippen molar-refractivity contribution in [2.45, 2.75) is 26.7 Å². The number of pyridine rings is 1. The van der Waals surface area contributed by atoms with Gasteiger partial charge in [-0.15, -0.1) is 0 Å². The van der Waals surface area contributed by atoms with Crippen LogP contribution in [0.4, 0.5) is 0 Å². The molecule has 3 heteroatoms. The molecule has 0 aromatic carbocycles. The van der Waals surface area contributed by atoms with Crippen LogP contribution in [0, 0.1) is 6.92 Å². The van der Waals surface area contributed by atoms with Gasteiger partial charge in [0, 0.05) is 31.3 Å². The normalized spacial score (nSPS) is 9.86. The lowest BCUT2D eigenvalue weighted by molar-refractivity contribution is -0.120.